The molecule has 2 fully saturated rings. The van der Waals surface area contributed by atoms with E-state index in [9.17, 15) is 8.42 Å². The van der Waals surface area contributed by atoms with Crippen molar-refractivity contribution in [2.75, 3.05) is 13.6 Å². The molecule has 0 aromatic heterocycles. The average Bonchev–Trinajstić information content (AvgIpc) is 2.92. The van der Waals surface area contributed by atoms with E-state index in [-0.39, 0.29) is 11.3 Å². The van der Waals surface area contributed by atoms with Crippen molar-refractivity contribution >= 4 is 10.0 Å². The van der Waals surface area contributed by atoms with Crippen LogP contribution in [0.15, 0.2) is 0 Å². The van der Waals surface area contributed by atoms with Gasteiger partial charge in [-0.05, 0) is 38.1 Å². The van der Waals surface area contributed by atoms with Gasteiger partial charge in [-0.15, -0.1) is 0 Å². The van der Waals surface area contributed by atoms with Crippen LogP contribution < -0.4 is 5.73 Å². The van der Waals surface area contributed by atoms with Crippen LogP contribution in [-0.2, 0) is 10.0 Å². The third kappa shape index (κ3) is 2.73. The van der Waals surface area contributed by atoms with Crippen LogP contribution in [0.1, 0.15) is 51.4 Å². The lowest BCUT2D eigenvalue weighted by atomic mass is 9.85. The van der Waals surface area contributed by atoms with Crippen LogP contribution in [0, 0.1) is 5.92 Å². The second-order valence-electron chi connectivity index (χ2n) is 5.82. The maximum absolute atomic E-state index is 12.6. The summed E-state index contributed by atoms with van der Waals surface area (Å²) in [5, 5.41) is -0.136. The van der Waals surface area contributed by atoms with E-state index in [1.165, 1.54) is 6.42 Å². The van der Waals surface area contributed by atoms with Crippen molar-refractivity contribution in [1.29, 1.82) is 0 Å². The summed E-state index contributed by atoms with van der Waals surface area (Å²) in [6, 6.07) is 0.134. The summed E-state index contributed by atoms with van der Waals surface area (Å²) in [6.07, 6.45) is 8.17. The molecule has 2 unspecified atom stereocenters. The summed E-state index contributed by atoms with van der Waals surface area (Å²) in [5.41, 5.74) is 5.81. The Morgan fingerprint density at radius 1 is 1.06 bits per heavy atom. The number of nitrogens with zero attached hydrogens (tertiary/aromatic N) is 1. The average molecular weight is 274 g/mol. The van der Waals surface area contributed by atoms with E-state index >= 15 is 0 Å². The summed E-state index contributed by atoms with van der Waals surface area (Å²) >= 11 is 0. The standard InChI is InChI=1S/C13H26N2O2S/c1-15(13-9-5-2-6-11(13)10-14)18(16,17)12-7-3-4-8-12/h11-13H,2-10,14H2,1H3. The molecule has 18 heavy (non-hydrogen) atoms. The Labute approximate surface area is 111 Å². The first-order valence-electron chi connectivity index (χ1n) is 7.24. The van der Waals surface area contributed by atoms with E-state index in [1.807, 2.05) is 0 Å². The zero-order chi connectivity index (χ0) is 13.2. The van der Waals surface area contributed by atoms with E-state index in [2.05, 4.69) is 0 Å². The lowest BCUT2D eigenvalue weighted by Gasteiger charge is -2.37. The van der Waals surface area contributed by atoms with Crippen LogP contribution in [0.3, 0.4) is 0 Å². The van der Waals surface area contributed by atoms with Crippen molar-refractivity contribution in [3.8, 4) is 0 Å². The normalized spacial score (nSPS) is 31.1. The Morgan fingerprint density at radius 3 is 2.22 bits per heavy atom. The van der Waals surface area contributed by atoms with Crippen LogP contribution in [0.2, 0.25) is 0 Å². The summed E-state index contributed by atoms with van der Waals surface area (Å²) < 4.78 is 26.8. The van der Waals surface area contributed by atoms with E-state index in [0.29, 0.717) is 12.5 Å². The van der Waals surface area contributed by atoms with Gasteiger partial charge in [0.15, 0.2) is 0 Å². The van der Waals surface area contributed by atoms with Crippen LogP contribution >= 0.6 is 0 Å². The van der Waals surface area contributed by atoms with Crippen molar-refractivity contribution in [3.63, 3.8) is 0 Å². The molecule has 0 aliphatic heterocycles. The smallest absolute Gasteiger partial charge is 0.216 e. The first-order valence-corrected chi connectivity index (χ1v) is 8.74. The number of sulfonamides is 1. The van der Waals surface area contributed by atoms with Gasteiger partial charge in [-0.3, -0.25) is 0 Å². The highest BCUT2D eigenvalue weighted by atomic mass is 32.2. The molecule has 2 saturated carbocycles. The summed E-state index contributed by atoms with van der Waals surface area (Å²) in [6.45, 7) is 0.606. The predicted octanol–water partition coefficient (Wildman–Crippen LogP) is 1.71. The molecule has 2 rings (SSSR count). The zero-order valence-corrected chi connectivity index (χ0v) is 12.2. The number of rotatable bonds is 4. The first kappa shape index (κ1) is 14.3. The van der Waals surface area contributed by atoms with Crippen molar-refractivity contribution < 1.29 is 8.42 Å². The molecule has 0 aromatic carbocycles. The van der Waals surface area contributed by atoms with Crippen LogP contribution in [0.4, 0.5) is 0 Å². The maximum atomic E-state index is 12.6. The minimum Gasteiger partial charge on any atom is -0.330 e. The molecule has 2 atom stereocenters. The molecule has 0 bridgehead atoms. The zero-order valence-electron chi connectivity index (χ0n) is 11.3. The van der Waals surface area contributed by atoms with Gasteiger partial charge in [-0.1, -0.05) is 25.7 Å². The highest BCUT2D eigenvalue weighted by molar-refractivity contribution is 7.89. The van der Waals surface area contributed by atoms with Gasteiger partial charge in [0.25, 0.3) is 0 Å². The molecule has 5 heteroatoms. The molecule has 0 radical (unpaired) electrons. The van der Waals surface area contributed by atoms with Gasteiger partial charge in [-0.25, -0.2) is 12.7 Å². The van der Waals surface area contributed by atoms with Gasteiger partial charge in [0.05, 0.1) is 5.25 Å². The molecule has 2 aliphatic carbocycles. The van der Waals surface area contributed by atoms with Gasteiger partial charge in [0.2, 0.25) is 10.0 Å². The van der Waals surface area contributed by atoms with Gasteiger partial charge < -0.3 is 5.73 Å². The van der Waals surface area contributed by atoms with E-state index < -0.39 is 10.0 Å². The fourth-order valence-electron chi connectivity index (χ4n) is 3.55. The van der Waals surface area contributed by atoms with Gasteiger partial charge in [0.1, 0.15) is 0 Å². The Kier molecular flexibility index (Phi) is 4.67. The molecule has 4 nitrogen and oxygen atoms in total. The molecule has 2 aliphatic rings. The topological polar surface area (TPSA) is 63.4 Å². The van der Waals surface area contributed by atoms with Crippen molar-refractivity contribution in [2.45, 2.75) is 62.7 Å². The molecule has 0 spiro atoms. The van der Waals surface area contributed by atoms with Crippen LogP contribution in [0.5, 0.6) is 0 Å². The minimum absolute atomic E-state index is 0.134. The second-order valence-corrected chi connectivity index (χ2v) is 8.09. The highest BCUT2D eigenvalue weighted by Gasteiger charge is 2.38. The summed E-state index contributed by atoms with van der Waals surface area (Å²) in [7, 11) is -1.33. The highest BCUT2D eigenvalue weighted by Crippen LogP contribution is 2.33. The fraction of sp³-hybridized carbons (Fsp3) is 1.00. The van der Waals surface area contributed by atoms with E-state index in [1.54, 1.807) is 11.4 Å². The van der Waals surface area contributed by atoms with Gasteiger partial charge in [-0.2, -0.15) is 0 Å². The molecular formula is C13H26N2O2S. The molecule has 0 heterocycles. The molecular weight excluding hydrogens is 248 g/mol. The predicted molar refractivity (Wildman–Crippen MR) is 73.7 cm³/mol. The Balaban J connectivity index is 2.10. The quantitative estimate of drug-likeness (QED) is 0.849. The largest absolute Gasteiger partial charge is 0.330 e. The lowest BCUT2D eigenvalue weighted by molar-refractivity contribution is 0.203. The second kappa shape index (κ2) is 5.88. The SMILES string of the molecule is CN(C1CCCCC1CN)S(=O)(=O)C1CCCC1. The molecule has 0 aromatic rings. The number of nitrogens with two attached hydrogens (primary N) is 1. The fourth-order valence-corrected chi connectivity index (χ4v) is 5.61. The molecule has 106 valence electrons. The number of hydrogen-bond donors (Lipinski definition) is 1. The van der Waals surface area contributed by atoms with Crippen molar-refractivity contribution in [2.24, 2.45) is 11.7 Å². The van der Waals surface area contributed by atoms with Crippen LogP contribution in [-0.4, -0.2) is 37.6 Å². The monoisotopic (exact) mass is 274 g/mol. The van der Waals surface area contributed by atoms with E-state index in [4.69, 9.17) is 5.73 Å². The Morgan fingerprint density at radius 2 is 1.61 bits per heavy atom. The van der Waals surface area contributed by atoms with Crippen molar-refractivity contribution in [3.05, 3.63) is 0 Å². The van der Waals surface area contributed by atoms with Crippen LogP contribution in [0.25, 0.3) is 0 Å². The third-order valence-corrected chi connectivity index (χ3v) is 7.15. The van der Waals surface area contributed by atoms with E-state index in [0.717, 1.165) is 44.9 Å². The Bertz CT molecular complexity index is 363. The summed E-state index contributed by atoms with van der Waals surface area (Å²) in [5.74, 6) is 0.347. The lowest BCUT2D eigenvalue weighted by Crippen LogP contribution is -2.48. The molecule has 0 saturated heterocycles. The molecule has 0 amide bonds. The van der Waals surface area contributed by atoms with Gasteiger partial charge in [0, 0.05) is 13.1 Å². The first-order chi connectivity index (χ1) is 8.57. The van der Waals surface area contributed by atoms with Crippen molar-refractivity contribution in [1.82, 2.24) is 4.31 Å². The minimum atomic E-state index is -3.10. The maximum Gasteiger partial charge on any atom is 0.216 e. The summed E-state index contributed by atoms with van der Waals surface area (Å²) in [4.78, 5) is 0. The molecule has 2 N–H and O–H groups in total. The third-order valence-electron chi connectivity index (χ3n) is 4.76. The number of hydrogen-bond acceptors (Lipinski definition) is 3. The van der Waals surface area contributed by atoms with Gasteiger partial charge >= 0.3 is 0 Å². The Hall–Kier alpha value is -0.130.